The van der Waals surface area contributed by atoms with Gasteiger partial charge in [0.2, 0.25) is 5.13 Å². The van der Waals surface area contributed by atoms with Crippen LogP contribution in [-0.2, 0) is 9.53 Å². The molecule has 0 aliphatic rings. The van der Waals surface area contributed by atoms with E-state index < -0.39 is 0 Å². The maximum atomic E-state index is 11.2. The fourth-order valence-electron chi connectivity index (χ4n) is 2.25. The van der Waals surface area contributed by atoms with E-state index in [9.17, 15) is 4.79 Å². The molecule has 1 rings (SSSR count). The number of carbonyl (C=O) groups is 1. The first-order valence-electron chi connectivity index (χ1n) is 8.71. The monoisotopic (exact) mass is 371 g/mol. The van der Waals surface area contributed by atoms with Gasteiger partial charge in [0.1, 0.15) is 0 Å². The molecule has 0 bridgehead atoms. The van der Waals surface area contributed by atoms with Crippen molar-refractivity contribution in [3.05, 3.63) is 16.1 Å². The number of nitrogens with zero attached hydrogens (tertiary/aromatic N) is 1. The fraction of sp³-hybridized carbons (Fsp3) is 0.706. The second-order valence-corrected chi connectivity index (χ2v) is 7.61. The van der Waals surface area contributed by atoms with Crippen molar-refractivity contribution in [2.24, 2.45) is 0 Å². The van der Waals surface area contributed by atoms with E-state index in [4.69, 9.17) is 17.0 Å². The van der Waals surface area contributed by atoms with Gasteiger partial charge in [-0.2, -0.15) is 0 Å². The van der Waals surface area contributed by atoms with Gasteiger partial charge in [-0.15, -0.1) is 5.10 Å². The molecule has 136 valence electrons. The molecule has 0 atom stereocenters. The van der Waals surface area contributed by atoms with Crippen LogP contribution < -0.4 is 5.32 Å². The Labute approximate surface area is 153 Å². The zero-order valence-corrected chi connectivity index (χ0v) is 16.2. The second kappa shape index (κ2) is 13.1. The second-order valence-electron chi connectivity index (χ2n) is 5.94. The van der Waals surface area contributed by atoms with E-state index in [2.05, 4.69) is 22.1 Å². The minimum absolute atomic E-state index is 0.276. The lowest BCUT2D eigenvalue weighted by Crippen LogP contribution is -2.05. The molecule has 0 unspecified atom stereocenters. The lowest BCUT2D eigenvalue weighted by Gasteiger charge is -2.05. The summed E-state index contributed by atoms with van der Waals surface area (Å²) in [5.41, 5.74) is 0.473. The number of rotatable bonds is 14. The number of aromatic amines is 1. The number of H-pyrrole nitrogens is 1. The third kappa shape index (κ3) is 10.5. The number of ether oxygens (including phenoxy) is 1. The van der Waals surface area contributed by atoms with Crippen LogP contribution in [0.4, 0.5) is 5.13 Å². The molecule has 1 aromatic rings. The highest BCUT2D eigenvalue weighted by Gasteiger charge is 2.01. The largest absolute Gasteiger partial charge is 0.462 e. The lowest BCUT2D eigenvalue weighted by atomic mass is 10.1. The van der Waals surface area contributed by atoms with Gasteiger partial charge < -0.3 is 10.1 Å². The number of unbranched alkanes of at least 4 members (excludes halogenated alkanes) is 8. The third-order valence-electron chi connectivity index (χ3n) is 3.62. The Kier molecular flexibility index (Phi) is 11.4. The molecule has 7 heteroatoms. The van der Waals surface area contributed by atoms with E-state index in [1.807, 2.05) is 0 Å². The first-order chi connectivity index (χ1) is 11.6. The van der Waals surface area contributed by atoms with Gasteiger partial charge in [-0.25, -0.2) is 4.79 Å². The Hall–Kier alpha value is -1.21. The Morgan fingerprint density at radius 2 is 1.75 bits per heavy atom. The van der Waals surface area contributed by atoms with Gasteiger partial charge in [-0.05, 0) is 32.0 Å². The maximum Gasteiger partial charge on any atom is 0.333 e. The molecule has 1 heterocycles. The van der Waals surface area contributed by atoms with Gasteiger partial charge >= 0.3 is 5.97 Å². The van der Waals surface area contributed by atoms with Gasteiger partial charge in [0.15, 0.2) is 3.95 Å². The highest BCUT2D eigenvalue weighted by Crippen LogP contribution is 2.12. The molecule has 0 saturated carbocycles. The van der Waals surface area contributed by atoms with Crippen LogP contribution in [-0.4, -0.2) is 29.3 Å². The van der Waals surface area contributed by atoms with Crippen molar-refractivity contribution >= 4 is 34.7 Å². The third-order valence-corrected chi connectivity index (χ3v) is 4.66. The summed E-state index contributed by atoms with van der Waals surface area (Å²) < 4.78 is 5.78. The molecule has 0 fully saturated rings. The number of hydrogen-bond acceptors (Lipinski definition) is 6. The van der Waals surface area contributed by atoms with Crippen molar-refractivity contribution in [1.82, 2.24) is 10.2 Å². The Morgan fingerprint density at radius 1 is 1.17 bits per heavy atom. The molecule has 0 aromatic carbocycles. The molecule has 0 spiro atoms. The summed E-state index contributed by atoms with van der Waals surface area (Å²) in [6.45, 7) is 6.71. The van der Waals surface area contributed by atoms with Crippen molar-refractivity contribution in [1.29, 1.82) is 0 Å². The van der Waals surface area contributed by atoms with Crippen LogP contribution in [0.25, 0.3) is 0 Å². The van der Waals surface area contributed by atoms with Crippen molar-refractivity contribution in [2.45, 2.75) is 64.7 Å². The average molecular weight is 372 g/mol. The smallest absolute Gasteiger partial charge is 0.333 e. The van der Waals surface area contributed by atoms with Crippen molar-refractivity contribution in [2.75, 3.05) is 18.5 Å². The summed E-state index contributed by atoms with van der Waals surface area (Å²) in [5.74, 6) is -0.276. The van der Waals surface area contributed by atoms with Crippen molar-refractivity contribution in [3.63, 3.8) is 0 Å². The van der Waals surface area contributed by atoms with Crippen molar-refractivity contribution < 1.29 is 9.53 Å². The highest BCUT2D eigenvalue weighted by atomic mass is 32.1. The summed E-state index contributed by atoms with van der Waals surface area (Å²) in [7, 11) is 0. The quantitative estimate of drug-likeness (QED) is 0.202. The highest BCUT2D eigenvalue weighted by molar-refractivity contribution is 7.73. The van der Waals surface area contributed by atoms with Crippen LogP contribution in [0.1, 0.15) is 64.7 Å². The Morgan fingerprint density at radius 3 is 2.29 bits per heavy atom. The van der Waals surface area contributed by atoms with E-state index in [1.165, 1.54) is 56.3 Å². The average Bonchev–Trinajstić information content (AvgIpc) is 2.96. The van der Waals surface area contributed by atoms with Crippen LogP contribution in [0, 0.1) is 3.95 Å². The number of nitrogens with one attached hydrogen (secondary N) is 2. The summed E-state index contributed by atoms with van der Waals surface area (Å²) in [4.78, 5) is 11.2. The summed E-state index contributed by atoms with van der Waals surface area (Å²) in [5, 5.41) is 11.0. The molecule has 0 amide bonds. The lowest BCUT2D eigenvalue weighted by molar-refractivity contribution is -0.139. The molecular weight excluding hydrogens is 342 g/mol. The predicted molar refractivity (Wildman–Crippen MR) is 103 cm³/mol. The number of aromatic nitrogens is 2. The summed E-state index contributed by atoms with van der Waals surface area (Å²) in [6.07, 6.45) is 10.9. The summed E-state index contributed by atoms with van der Waals surface area (Å²) >= 11 is 6.46. The molecule has 0 aliphatic carbocycles. The zero-order valence-electron chi connectivity index (χ0n) is 14.6. The number of esters is 1. The van der Waals surface area contributed by atoms with E-state index >= 15 is 0 Å². The van der Waals surface area contributed by atoms with Crippen LogP contribution in [0.2, 0.25) is 0 Å². The number of anilines is 1. The van der Waals surface area contributed by atoms with Gasteiger partial charge in [0, 0.05) is 12.1 Å². The van der Waals surface area contributed by atoms with Gasteiger partial charge in [-0.1, -0.05) is 62.9 Å². The Balaban J connectivity index is 1.78. The van der Waals surface area contributed by atoms with Crippen molar-refractivity contribution in [3.8, 4) is 0 Å². The number of hydrogen-bond donors (Lipinski definition) is 2. The first-order valence-corrected chi connectivity index (χ1v) is 9.94. The van der Waals surface area contributed by atoms with E-state index in [-0.39, 0.29) is 5.97 Å². The summed E-state index contributed by atoms with van der Waals surface area (Å²) in [6, 6.07) is 0. The molecule has 24 heavy (non-hydrogen) atoms. The fourth-order valence-corrected chi connectivity index (χ4v) is 3.07. The minimum Gasteiger partial charge on any atom is -0.462 e. The minimum atomic E-state index is -0.276. The van der Waals surface area contributed by atoms with Crippen LogP contribution >= 0.6 is 23.6 Å². The zero-order chi connectivity index (χ0) is 17.6. The van der Waals surface area contributed by atoms with E-state index in [0.717, 1.165) is 24.5 Å². The molecule has 2 N–H and O–H groups in total. The van der Waals surface area contributed by atoms with Gasteiger partial charge in [0.25, 0.3) is 0 Å². The molecular formula is C17H29N3O2S2. The maximum absolute atomic E-state index is 11.2. The van der Waals surface area contributed by atoms with Gasteiger partial charge in [-0.3, -0.25) is 5.10 Å². The normalized spacial score (nSPS) is 10.5. The van der Waals surface area contributed by atoms with E-state index in [0.29, 0.717) is 16.1 Å². The molecule has 1 aromatic heterocycles. The van der Waals surface area contributed by atoms with Gasteiger partial charge in [0.05, 0.1) is 6.61 Å². The standard InChI is InChI=1S/C17H29N3O2S2/c1-14(2)15(21)22-13-11-9-7-5-3-4-6-8-10-12-18-16-19-20-17(23)24-16/h1,3-13H2,2H3,(H,18,19)(H,20,23). The molecule has 0 radical (unpaired) electrons. The van der Waals surface area contributed by atoms with Crippen LogP contribution in [0.15, 0.2) is 12.2 Å². The first kappa shape index (κ1) is 20.8. The van der Waals surface area contributed by atoms with Crippen LogP contribution in [0.3, 0.4) is 0 Å². The molecule has 0 saturated heterocycles. The predicted octanol–water partition coefficient (Wildman–Crippen LogP) is 5.24. The topological polar surface area (TPSA) is 67.0 Å². The van der Waals surface area contributed by atoms with Crippen LogP contribution in [0.5, 0.6) is 0 Å². The SMILES string of the molecule is C=C(C)C(=O)OCCCCCCCCCCCNc1n[nH]c(=S)s1. The number of carbonyl (C=O) groups excluding carboxylic acids is 1. The molecule has 5 nitrogen and oxygen atoms in total. The Bertz CT molecular complexity index is 540. The molecule has 0 aliphatic heterocycles. The van der Waals surface area contributed by atoms with E-state index in [1.54, 1.807) is 6.92 Å².